The highest BCUT2D eigenvalue weighted by Gasteiger charge is 2.06. The van der Waals surface area contributed by atoms with Crippen LogP contribution in [-0.4, -0.2) is 4.98 Å². The summed E-state index contributed by atoms with van der Waals surface area (Å²) in [5.74, 6) is 1.40. The predicted octanol–water partition coefficient (Wildman–Crippen LogP) is 3.63. The van der Waals surface area contributed by atoms with E-state index in [1.54, 1.807) is 12.1 Å². The topological polar surface area (TPSA) is 42.1 Å². The first-order valence-electron chi connectivity index (χ1n) is 6.09. The number of nitrogens with one attached hydrogen (secondary N) is 1. The van der Waals surface area contributed by atoms with Crippen LogP contribution in [0.1, 0.15) is 5.69 Å². The van der Waals surface area contributed by atoms with E-state index in [0.29, 0.717) is 11.1 Å². The monoisotopic (exact) mass is 251 g/mol. The van der Waals surface area contributed by atoms with Gasteiger partial charge in [0.1, 0.15) is 5.75 Å². The van der Waals surface area contributed by atoms with Gasteiger partial charge in [0.2, 0.25) is 0 Å². The van der Waals surface area contributed by atoms with Gasteiger partial charge < -0.3 is 9.72 Å². The Hall–Kier alpha value is -2.55. The van der Waals surface area contributed by atoms with Gasteiger partial charge in [-0.2, -0.15) is 0 Å². The Morgan fingerprint density at radius 2 is 1.79 bits per heavy atom. The van der Waals surface area contributed by atoms with Crippen LogP contribution in [-0.2, 0) is 0 Å². The van der Waals surface area contributed by atoms with Crippen LogP contribution < -0.4 is 10.2 Å². The average Bonchev–Trinajstić information content (AvgIpc) is 2.41. The van der Waals surface area contributed by atoms with Crippen molar-refractivity contribution in [3.05, 3.63) is 70.5 Å². The maximum Gasteiger partial charge on any atom is 0.189 e. The summed E-state index contributed by atoms with van der Waals surface area (Å²) in [6.07, 6.45) is 0. The molecule has 0 bridgehead atoms. The van der Waals surface area contributed by atoms with E-state index in [1.807, 2.05) is 49.4 Å². The third-order valence-corrected chi connectivity index (χ3v) is 2.93. The quantitative estimate of drug-likeness (QED) is 0.755. The second-order valence-corrected chi connectivity index (χ2v) is 4.41. The molecule has 0 saturated carbocycles. The number of H-pyrrole nitrogens is 1. The Kier molecular flexibility index (Phi) is 2.80. The average molecular weight is 251 g/mol. The van der Waals surface area contributed by atoms with Crippen LogP contribution in [0.15, 0.2) is 59.4 Å². The molecule has 0 unspecified atom stereocenters. The number of fused-ring (bicyclic) bond motifs is 1. The normalized spacial score (nSPS) is 10.6. The van der Waals surface area contributed by atoms with Gasteiger partial charge in [-0.1, -0.05) is 24.3 Å². The summed E-state index contributed by atoms with van der Waals surface area (Å²) < 4.78 is 5.83. The Labute approximate surface area is 110 Å². The molecule has 3 aromatic rings. The summed E-state index contributed by atoms with van der Waals surface area (Å²) in [4.78, 5) is 15.1. The summed E-state index contributed by atoms with van der Waals surface area (Å²) >= 11 is 0. The van der Waals surface area contributed by atoms with E-state index in [4.69, 9.17) is 4.74 Å². The van der Waals surface area contributed by atoms with E-state index in [1.165, 1.54) is 0 Å². The molecule has 1 aromatic heterocycles. The van der Waals surface area contributed by atoms with Gasteiger partial charge in [0.05, 0.1) is 5.52 Å². The molecule has 0 aliphatic rings. The lowest BCUT2D eigenvalue weighted by atomic mass is 10.2. The lowest BCUT2D eigenvalue weighted by Gasteiger charge is -2.09. The molecule has 19 heavy (non-hydrogen) atoms. The molecule has 0 amide bonds. The van der Waals surface area contributed by atoms with Gasteiger partial charge in [0, 0.05) is 17.1 Å². The first-order chi connectivity index (χ1) is 9.24. The third kappa shape index (κ3) is 2.22. The van der Waals surface area contributed by atoms with Crippen LogP contribution in [0.4, 0.5) is 0 Å². The minimum Gasteiger partial charge on any atom is -0.455 e. The van der Waals surface area contributed by atoms with E-state index in [-0.39, 0.29) is 5.43 Å². The van der Waals surface area contributed by atoms with Crippen molar-refractivity contribution < 1.29 is 4.74 Å². The van der Waals surface area contributed by atoms with E-state index < -0.39 is 0 Å². The predicted molar refractivity (Wildman–Crippen MR) is 75.8 cm³/mol. The van der Waals surface area contributed by atoms with Gasteiger partial charge in [-0.05, 0) is 31.2 Å². The number of rotatable bonds is 2. The molecule has 94 valence electrons. The van der Waals surface area contributed by atoms with Crippen LogP contribution >= 0.6 is 0 Å². The number of pyridine rings is 1. The molecule has 0 aliphatic carbocycles. The lowest BCUT2D eigenvalue weighted by Crippen LogP contribution is -2.03. The second kappa shape index (κ2) is 4.61. The molecule has 0 spiro atoms. The maximum atomic E-state index is 11.9. The highest BCUT2D eigenvalue weighted by molar-refractivity contribution is 5.84. The Morgan fingerprint density at radius 1 is 1.00 bits per heavy atom. The fourth-order valence-electron chi connectivity index (χ4n) is 2.07. The molecule has 0 aliphatic heterocycles. The molecule has 0 saturated heterocycles. The van der Waals surface area contributed by atoms with Crippen molar-refractivity contribution in [1.82, 2.24) is 4.98 Å². The summed E-state index contributed by atoms with van der Waals surface area (Å²) in [5, 5.41) is 0.638. The zero-order chi connectivity index (χ0) is 13.2. The first-order valence-corrected chi connectivity index (χ1v) is 6.09. The van der Waals surface area contributed by atoms with Gasteiger partial charge in [-0.3, -0.25) is 4.79 Å². The smallest absolute Gasteiger partial charge is 0.189 e. The molecule has 2 aromatic carbocycles. The first kappa shape index (κ1) is 11.5. The molecule has 1 heterocycles. The SMILES string of the molecule is Cc1cc(=O)c2cccc(Oc3ccccc3)c2[nH]1. The summed E-state index contributed by atoms with van der Waals surface area (Å²) in [6, 6.07) is 16.6. The highest BCUT2D eigenvalue weighted by Crippen LogP contribution is 2.27. The number of aromatic nitrogens is 1. The molecule has 1 N–H and O–H groups in total. The molecular formula is C16H13NO2. The summed E-state index contributed by atoms with van der Waals surface area (Å²) in [6.45, 7) is 1.86. The number of aryl methyl sites for hydroxylation is 1. The van der Waals surface area contributed by atoms with E-state index in [9.17, 15) is 4.79 Å². The molecular weight excluding hydrogens is 238 g/mol. The lowest BCUT2D eigenvalue weighted by molar-refractivity contribution is 0.487. The van der Waals surface area contributed by atoms with Crippen LogP contribution in [0.25, 0.3) is 10.9 Å². The van der Waals surface area contributed by atoms with Crippen molar-refractivity contribution in [3.8, 4) is 11.5 Å². The largest absolute Gasteiger partial charge is 0.455 e. The molecule has 3 heteroatoms. The minimum absolute atomic E-state index is 0.00441. The molecule has 3 rings (SSSR count). The Balaban J connectivity index is 2.17. The highest BCUT2D eigenvalue weighted by atomic mass is 16.5. The van der Waals surface area contributed by atoms with Gasteiger partial charge in [0.15, 0.2) is 11.2 Å². The van der Waals surface area contributed by atoms with Gasteiger partial charge in [-0.25, -0.2) is 0 Å². The van der Waals surface area contributed by atoms with Crippen molar-refractivity contribution in [2.45, 2.75) is 6.92 Å². The van der Waals surface area contributed by atoms with Crippen LogP contribution in [0.5, 0.6) is 11.5 Å². The zero-order valence-electron chi connectivity index (χ0n) is 10.5. The van der Waals surface area contributed by atoms with Crippen molar-refractivity contribution in [2.24, 2.45) is 0 Å². The third-order valence-electron chi connectivity index (χ3n) is 2.93. The summed E-state index contributed by atoms with van der Waals surface area (Å²) in [7, 11) is 0. The number of hydrogen-bond donors (Lipinski definition) is 1. The van der Waals surface area contributed by atoms with Crippen molar-refractivity contribution in [2.75, 3.05) is 0 Å². The van der Waals surface area contributed by atoms with Gasteiger partial charge in [-0.15, -0.1) is 0 Å². The number of para-hydroxylation sites is 2. The van der Waals surface area contributed by atoms with Crippen molar-refractivity contribution >= 4 is 10.9 Å². The number of aromatic amines is 1. The fourth-order valence-corrected chi connectivity index (χ4v) is 2.07. The molecule has 0 radical (unpaired) electrons. The van der Waals surface area contributed by atoms with E-state index in [0.717, 1.165) is 17.0 Å². The second-order valence-electron chi connectivity index (χ2n) is 4.41. The molecule has 0 atom stereocenters. The van der Waals surface area contributed by atoms with Crippen LogP contribution in [0.3, 0.4) is 0 Å². The number of hydrogen-bond acceptors (Lipinski definition) is 2. The van der Waals surface area contributed by atoms with Gasteiger partial charge in [0.25, 0.3) is 0 Å². The summed E-state index contributed by atoms with van der Waals surface area (Å²) in [5.41, 5.74) is 1.56. The van der Waals surface area contributed by atoms with Crippen molar-refractivity contribution in [1.29, 1.82) is 0 Å². The maximum absolute atomic E-state index is 11.9. The Bertz CT molecular complexity index is 776. The van der Waals surface area contributed by atoms with E-state index >= 15 is 0 Å². The zero-order valence-corrected chi connectivity index (χ0v) is 10.5. The number of benzene rings is 2. The number of ether oxygens (including phenoxy) is 1. The Morgan fingerprint density at radius 3 is 2.58 bits per heavy atom. The molecule has 0 fully saturated rings. The van der Waals surface area contributed by atoms with Crippen LogP contribution in [0.2, 0.25) is 0 Å². The van der Waals surface area contributed by atoms with E-state index in [2.05, 4.69) is 4.98 Å². The van der Waals surface area contributed by atoms with Crippen LogP contribution in [0, 0.1) is 6.92 Å². The minimum atomic E-state index is 0.00441. The molecule has 3 nitrogen and oxygen atoms in total. The fraction of sp³-hybridized carbons (Fsp3) is 0.0625. The standard InChI is InChI=1S/C16H13NO2/c1-11-10-14(18)13-8-5-9-15(16(13)17-11)19-12-6-3-2-4-7-12/h2-10H,1H3,(H,17,18). The van der Waals surface area contributed by atoms with Gasteiger partial charge >= 0.3 is 0 Å². The van der Waals surface area contributed by atoms with Crippen molar-refractivity contribution in [3.63, 3.8) is 0 Å².